The highest BCUT2D eigenvalue weighted by Gasteiger charge is 2.14. The Bertz CT molecular complexity index is 448. The van der Waals surface area contributed by atoms with Crippen molar-refractivity contribution in [3.63, 3.8) is 0 Å². The molecule has 0 aromatic carbocycles. The van der Waals surface area contributed by atoms with Gasteiger partial charge in [0, 0.05) is 39.5 Å². The first kappa shape index (κ1) is 20.4. The smallest absolute Gasteiger partial charge is 0.313 e. The van der Waals surface area contributed by atoms with Gasteiger partial charge in [-0.3, -0.25) is 28.8 Å². The molecule has 23 heavy (non-hydrogen) atoms. The maximum absolute atomic E-state index is 11.3. The molecular weight excluding hydrogens is 312 g/mol. The van der Waals surface area contributed by atoms with Crippen LogP contribution in [0.5, 0.6) is 0 Å². The molecule has 0 rings (SSSR count). The first-order chi connectivity index (χ1) is 10.7. The van der Waals surface area contributed by atoms with Crippen LogP contribution in [0.2, 0.25) is 0 Å². The Kier molecular flexibility index (Phi) is 9.81. The van der Waals surface area contributed by atoms with Crippen molar-refractivity contribution in [2.75, 3.05) is 0 Å². The van der Waals surface area contributed by atoms with E-state index in [1.54, 1.807) is 0 Å². The van der Waals surface area contributed by atoms with Crippen LogP contribution in [-0.4, -0.2) is 35.8 Å². The van der Waals surface area contributed by atoms with Gasteiger partial charge >= 0.3 is 35.8 Å². The summed E-state index contributed by atoms with van der Waals surface area (Å²) < 4.78 is 13.0. The van der Waals surface area contributed by atoms with Crippen LogP contribution in [0.25, 0.3) is 0 Å². The molecule has 0 spiro atoms. The highest BCUT2D eigenvalue weighted by Crippen LogP contribution is 2.04. The summed E-state index contributed by atoms with van der Waals surface area (Å²) in [4.78, 5) is 65.6. The molecule has 9 heteroatoms. The molecule has 0 saturated carbocycles. The molecule has 0 unspecified atom stereocenters. The molecule has 0 aromatic rings. The molecular formula is C14H18O9. The van der Waals surface area contributed by atoms with Crippen molar-refractivity contribution in [2.24, 2.45) is 0 Å². The van der Waals surface area contributed by atoms with Crippen molar-refractivity contribution in [1.29, 1.82) is 0 Å². The second-order valence-corrected chi connectivity index (χ2v) is 4.48. The van der Waals surface area contributed by atoms with E-state index in [-0.39, 0.29) is 38.5 Å². The van der Waals surface area contributed by atoms with E-state index < -0.39 is 35.8 Å². The molecule has 0 bridgehead atoms. The standard InChI is InChI=1S/C14H18O9/c1-9(15)21-11(17)5-3-7-13(19)23-14(20)8-4-6-12(18)22-10(2)16/h3-8H2,1-2H3. The van der Waals surface area contributed by atoms with E-state index in [2.05, 4.69) is 14.2 Å². The van der Waals surface area contributed by atoms with E-state index in [4.69, 9.17) is 0 Å². The number of carbonyl (C=O) groups is 6. The second-order valence-electron chi connectivity index (χ2n) is 4.48. The topological polar surface area (TPSA) is 130 Å². The van der Waals surface area contributed by atoms with Gasteiger partial charge in [0.05, 0.1) is 0 Å². The van der Waals surface area contributed by atoms with Gasteiger partial charge in [-0.2, -0.15) is 0 Å². The average Bonchev–Trinajstić information content (AvgIpc) is 2.36. The Labute approximate surface area is 132 Å². The van der Waals surface area contributed by atoms with Gasteiger partial charge in [-0.1, -0.05) is 0 Å². The summed E-state index contributed by atoms with van der Waals surface area (Å²) in [6, 6.07) is 0. The summed E-state index contributed by atoms with van der Waals surface area (Å²) in [5.41, 5.74) is 0. The zero-order chi connectivity index (χ0) is 17.8. The third-order valence-corrected chi connectivity index (χ3v) is 2.27. The fraction of sp³-hybridized carbons (Fsp3) is 0.571. The quantitative estimate of drug-likeness (QED) is 0.356. The fourth-order valence-electron chi connectivity index (χ4n) is 1.41. The number of rotatable bonds is 8. The summed E-state index contributed by atoms with van der Waals surface area (Å²) >= 11 is 0. The first-order valence-corrected chi connectivity index (χ1v) is 6.86. The Hall–Kier alpha value is -2.58. The molecule has 0 aromatic heterocycles. The van der Waals surface area contributed by atoms with Crippen LogP contribution in [0.3, 0.4) is 0 Å². The Morgan fingerprint density at radius 3 is 1.04 bits per heavy atom. The molecule has 0 aliphatic heterocycles. The predicted molar refractivity (Wildman–Crippen MR) is 72.3 cm³/mol. The lowest BCUT2D eigenvalue weighted by atomic mass is 10.2. The lowest BCUT2D eigenvalue weighted by Crippen LogP contribution is -2.14. The van der Waals surface area contributed by atoms with Crippen LogP contribution >= 0.6 is 0 Å². The maximum atomic E-state index is 11.3. The zero-order valence-electron chi connectivity index (χ0n) is 12.9. The second kappa shape index (κ2) is 11.0. The van der Waals surface area contributed by atoms with E-state index in [1.807, 2.05) is 0 Å². The molecule has 0 atom stereocenters. The summed E-state index contributed by atoms with van der Waals surface area (Å²) in [6.45, 7) is 2.16. The predicted octanol–water partition coefficient (Wildman–Crippen LogP) is 0.576. The lowest BCUT2D eigenvalue weighted by molar-refractivity contribution is -0.159. The molecule has 0 radical (unpaired) electrons. The highest BCUT2D eigenvalue weighted by atomic mass is 16.6. The van der Waals surface area contributed by atoms with E-state index >= 15 is 0 Å². The van der Waals surface area contributed by atoms with Crippen molar-refractivity contribution in [2.45, 2.75) is 52.4 Å². The van der Waals surface area contributed by atoms with E-state index in [0.29, 0.717) is 0 Å². The van der Waals surface area contributed by atoms with Crippen LogP contribution in [-0.2, 0) is 43.0 Å². The van der Waals surface area contributed by atoms with E-state index in [9.17, 15) is 28.8 Å². The molecule has 0 N–H and O–H groups in total. The fourth-order valence-corrected chi connectivity index (χ4v) is 1.41. The Morgan fingerprint density at radius 1 is 0.522 bits per heavy atom. The van der Waals surface area contributed by atoms with Crippen LogP contribution in [0.1, 0.15) is 52.4 Å². The number of hydrogen-bond donors (Lipinski definition) is 0. The zero-order valence-corrected chi connectivity index (χ0v) is 12.9. The minimum atomic E-state index is -0.822. The molecule has 0 saturated heterocycles. The van der Waals surface area contributed by atoms with E-state index in [1.165, 1.54) is 0 Å². The van der Waals surface area contributed by atoms with Gasteiger partial charge in [-0.25, -0.2) is 0 Å². The average molecular weight is 330 g/mol. The van der Waals surface area contributed by atoms with Crippen LogP contribution in [0.15, 0.2) is 0 Å². The number of ether oxygens (including phenoxy) is 3. The molecule has 0 heterocycles. The van der Waals surface area contributed by atoms with Gasteiger partial charge in [0.1, 0.15) is 0 Å². The number of esters is 6. The van der Waals surface area contributed by atoms with Crippen LogP contribution in [0, 0.1) is 0 Å². The van der Waals surface area contributed by atoms with Gasteiger partial charge in [-0.15, -0.1) is 0 Å². The van der Waals surface area contributed by atoms with Gasteiger partial charge in [-0.05, 0) is 12.8 Å². The van der Waals surface area contributed by atoms with Gasteiger partial charge < -0.3 is 14.2 Å². The highest BCUT2D eigenvalue weighted by molar-refractivity contribution is 5.87. The number of hydrogen-bond acceptors (Lipinski definition) is 9. The molecule has 0 aliphatic rings. The first-order valence-electron chi connectivity index (χ1n) is 6.86. The van der Waals surface area contributed by atoms with Gasteiger partial charge in [0.15, 0.2) is 0 Å². The minimum absolute atomic E-state index is 0.0726. The van der Waals surface area contributed by atoms with Crippen molar-refractivity contribution in [3.8, 4) is 0 Å². The summed E-state index contributed by atoms with van der Waals surface area (Å²) in [5.74, 6) is -4.65. The molecule has 0 fully saturated rings. The molecule has 9 nitrogen and oxygen atoms in total. The largest absolute Gasteiger partial charge is 0.393 e. The van der Waals surface area contributed by atoms with E-state index in [0.717, 1.165) is 13.8 Å². The monoisotopic (exact) mass is 330 g/mol. The van der Waals surface area contributed by atoms with Gasteiger partial charge in [0.25, 0.3) is 0 Å². The Balaban J connectivity index is 3.79. The number of carbonyl (C=O) groups excluding carboxylic acids is 6. The third-order valence-electron chi connectivity index (χ3n) is 2.27. The maximum Gasteiger partial charge on any atom is 0.313 e. The normalized spacial score (nSPS) is 9.65. The SMILES string of the molecule is CC(=O)OC(=O)CCCC(=O)OC(=O)CCCC(=O)OC(C)=O. The minimum Gasteiger partial charge on any atom is -0.393 e. The molecule has 128 valence electrons. The molecule has 0 aliphatic carbocycles. The summed E-state index contributed by atoms with van der Waals surface area (Å²) in [5, 5.41) is 0. The van der Waals surface area contributed by atoms with Crippen LogP contribution < -0.4 is 0 Å². The van der Waals surface area contributed by atoms with Gasteiger partial charge in [0.2, 0.25) is 0 Å². The lowest BCUT2D eigenvalue weighted by Gasteiger charge is -2.03. The Morgan fingerprint density at radius 2 is 0.783 bits per heavy atom. The summed E-state index contributed by atoms with van der Waals surface area (Å²) in [6.07, 6.45) is -0.540. The third kappa shape index (κ3) is 12.8. The molecule has 0 amide bonds. The van der Waals surface area contributed by atoms with Crippen molar-refractivity contribution in [1.82, 2.24) is 0 Å². The van der Waals surface area contributed by atoms with Crippen molar-refractivity contribution < 1.29 is 43.0 Å². The van der Waals surface area contributed by atoms with Crippen molar-refractivity contribution in [3.05, 3.63) is 0 Å². The van der Waals surface area contributed by atoms with Crippen LogP contribution in [0.4, 0.5) is 0 Å². The van der Waals surface area contributed by atoms with Crippen molar-refractivity contribution >= 4 is 35.8 Å². The summed E-state index contributed by atoms with van der Waals surface area (Å²) in [7, 11) is 0.